The van der Waals surface area contributed by atoms with Crippen LogP contribution in [0.15, 0.2) is 30.3 Å². The average molecular weight is 287 g/mol. The first-order valence-electron chi connectivity index (χ1n) is 8.43. The Morgan fingerprint density at radius 1 is 1.14 bits per heavy atom. The summed E-state index contributed by atoms with van der Waals surface area (Å²) >= 11 is 0. The van der Waals surface area contributed by atoms with E-state index in [1.54, 1.807) is 0 Å². The van der Waals surface area contributed by atoms with Crippen LogP contribution >= 0.6 is 0 Å². The smallest absolute Gasteiger partial charge is 0.0223 e. The standard InChI is InChI=1S/C18H29N3/c1-18(14-19,16-7-3-2-4-8-16)15-20-10-6-12-21-11-5-9-17(21)13-20/h2-4,7-8,17H,5-6,9-15,19H2,1H3. The summed E-state index contributed by atoms with van der Waals surface area (Å²) in [6.45, 7) is 9.15. The highest BCUT2D eigenvalue weighted by Crippen LogP contribution is 2.27. The van der Waals surface area contributed by atoms with Gasteiger partial charge in [-0.25, -0.2) is 0 Å². The van der Waals surface area contributed by atoms with Gasteiger partial charge in [0, 0.05) is 31.1 Å². The molecule has 21 heavy (non-hydrogen) atoms. The number of benzene rings is 1. The summed E-state index contributed by atoms with van der Waals surface area (Å²) in [5.41, 5.74) is 7.60. The molecule has 2 N–H and O–H groups in total. The third kappa shape index (κ3) is 3.31. The van der Waals surface area contributed by atoms with Crippen molar-refractivity contribution in [3.05, 3.63) is 35.9 Å². The van der Waals surface area contributed by atoms with E-state index in [9.17, 15) is 0 Å². The zero-order valence-electron chi connectivity index (χ0n) is 13.3. The minimum absolute atomic E-state index is 0.0645. The summed E-state index contributed by atoms with van der Waals surface area (Å²) in [7, 11) is 0. The van der Waals surface area contributed by atoms with Crippen LogP contribution in [-0.2, 0) is 5.41 Å². The van der Waals surface area contributed by atoms with E-state index in [4.69, 9.17) is 5.73 Å². The number of fused-ring (bicyclic) bond motifs is 1. The first kappa shape index (κ1) is 15.0. The van der Waals surface area contributed by atoms with Crippen molar-refractivity contribution in [2.24, 2.45) is 5.73 Å². The molecule has 3 heteroatoms. The first-order chi connectivity index (χ1) is 10.2. The molecule has 0 radical (unpaired) electrons. The van der Waals surface area contributed by atoms with Crippen LogP contribution in [0.3, 0.4) is 0 Å². The fourth-order valence-corrected chi connectivity index (χ4v) is 4.03. The fraction of sp³-hybridized carbons (Fsp3) is 0.667. The van der Waals surface area contributed by atoms with Crippen molar-refractivity contribution >= 4 is 0 Å². The molecule has 116 valence electrons. The van der Waals surface area contributed by atoms with Gasteiger partial charge in [-0.3, -0.25) is 4.90 Å². The molecule has 0 spiro atoms. The highest BCUT2D eigenvalue weighted by Gasteiger charge is 2.33. The molecule has 3 nitrogen and oxygen atoms in total. The number of nitrogens with zero attached hydrogens (tertiary/aromatic N) is 2. The molecule has 2 aliphatic rings. The highest BCUT2D eigenvalue weighted by atomic mass is 15.3. The van der Waals surface area contributed by atoms with E-state index < -0.39 is 0 Å². The summed E-state index contributed by atoms with van der Waals surface area (Å²) in [5.74, 6) is 0. The summed E-state index contributed by atoms with van der Waals surface area (Å²) in [5, 5.41) is 0. The van der Waals surface area contributed by atoms with Crippen LogP contribution < -0.4 is 5.73 Å². The van der Waals surface area contributed by atoms with Crippen molar-refractivity contribution in [1.29, 1.82) is 0 Å². The monoisotopic (exact) mass is 287 g/mol. The van der Waals surface area contributed by atoms with E-state index >= 15 is 0 Å². The minimum atomic E-state index is 0.0645. The Morgan fingerprint density at radius 2 is 1.90 bits per heavy atom. The number of rotatable bonds is 4. The molecule has 2 saturated heterocycles. The van der Waals surface area contributed by atoms with Crippen molar-refractivity contribution in [2.45, 2.75) is 37.6 Å². The maximum absolute atomic E-state index is 6.17. The molecule has 0 amide bonds. The second-order valence-electron chi connectivity index (χ2n) is 7.05. The molecule has 2 heterocycles. The Morgan fingerprint density at radius 3 is 2.67 bits per heavy atom. The Kier molecular flexibility index (Phi) is 4.63. The largest absolute Gasteiger partial charge is 0.330 e. The van der Waals surface area contributed by atoms with E-state index in [0.717, 1.165) is 12.6 Å². The van der Waals surface area contributed by atoms with Gasteiger partial charge in [0.25, 0.3) is 0 Å². The zero-order valence-corrected chi connectivity index (χ0v) is 13.3. The third-order valence-corrected chi connectivity index (χ3v) is 5.38. The molecule has 2 fully saturated rings. The van der Waals surface area contributed by atoms with Crippen LogP contribution in [-0.4, -0.2) is 55.1 Å². The normalized spacial score (nSPS) is 27.0. The molecular weight excluding hydrogens is 258 g/mol. The Balaban J connectivity index is 1.71. The molecule has 2 atom stereocenters. The number of hydrogen-bond donors (Lipinski definition) is 1. The van der Waals surface area contributed by atoms with Gasteiger partial charge in [0.1, 0.15) is 0 Å². The van der Waals surface area contributed by atoms with Gasteiger partial charge in [-0.1, -0.05) is 37.3 Å². The third-order valence-electron chi connectivity index (χ3n) is 5.38. The Hall–Kier alpha value is -0.900. The van der Waals surface area contributed by atoms with Crippen LogP contribution in [0.1, 0.15) is 31.7 Å². The van der Waals surface area contributed by atoms with Crippen LogP contribution in [0.4, 0.5) is 0 Å². The van der Waals surface area contributed by atoms with Crippen molar-refractivity contribution in [3.63, 3.8) is 0 Å². The number of hydrogen-bond acceptors (Lipinski definition) is 3. The van der Waals surface area contributed by atoms with Crippen LogP contribution in [0.25, 0.3) is 0 Å². The van der Waals surface area contributed by atoms with E-state index in [0.29, 0.717) is 6.54 Å². The van der Waals surface area contributed by atoms with Crippen LogP contribution in [0.2, 0.25) is 0 Å². The molecule has 3 rings (SSSR count). The summed E-state index contributed by atoms with van der Waals surface area (Å²) < 4.78 is 0. The van der Waals surface area contributed by atoms with Gasteiger partial charge in [-0.2, -0.15) is 0 Å². The van der Waals surface area contributed by atoms with Gasteiger partial charge in [-0.15, -0.1) is 0 Å². The van der Waals surface area contributed by atoms with Crippen LogP contribution in [0, 0.1) is 0 Å². The Bertz CT molecular complexity index is 447. The fourth-order valence-electron chi connectivity index (χ4n) is 4.03. The molecule has 1 aromatic carbocycles. The predicted molar refractivity (Wildman–Crippen MR) is 88.5 cm³/mol. The van der Waals surface area contributed by atoms with Crippen molar-refractivity contribution in [1.82, 2.24) is 9.80 Å². The summed E-state index contributed by atoms with van der Waals surface area (Å²) in [4.78, 5) is 5.36. The lowest BCUT2D eigenvalue weighted by atomic mass is 9.82. The van der Waals surface area contributed by atoms with Gasteiger partial charge in [0.2, 0.25) is 0 Å². The summed E-state index contributed by atoms with van der Waals surface area (Å²) in [6.07, 6.45) is 4.05. The lowest BCUT2D eigenvalue weighted by Gasteiger charge is -2.36. The lowest BCUT2D eigenvalue weighted by molar-refractivity contribution is 0.190. The van der Waals surface area contributed by atoms with E-state index in [-0.39, 0.29) is 5.41 Å². The van der Waals surface area contributed by atoms with Gasteiger partial charge in [0.05, 0.1) is 0 Å². The molecular formula is C18H29N3. The van der Waals surface area contributed by atoms with Crippen molar-refractivity contribution in [3.8, 4) is 0 Å². The first-order valence-corrected chi connectivity index (χ1v) is 8.43. The van der Waals surface area contributed by atoms with E-state index in [1.807, 2.05) is 0 Å². The molecule has 1 aromatic rings. The minimum Gasteiger partial charge on any atom is -0.330 e. The zero-order chi connectivity index (χ0) is 14.7. The van der Waals surface area contributed by atoms with Crippen LogP contribution in [0.5, 0.6) is 0 Å². The van der Waals surface area contributed by atoms with Gasteiger partial charge in [-0.05, 0) is 44.5 Å². The summed E-state index contributed by atoms with van der Waals surface area (Å²) in [6, 6.07) is 11.6. The molecule has 0 saturated carbocycles. The van der Waals surface area contributed by atoms with E-state index in [2.05, 4.69) is 47.1 Å². The predicted octanol–water partition coefficient (Wildman–Crippen LogP) is 2.07. The number of nitrogens with two attached hydrogens (primary N) is 1. The topological polar surface area (TPSA) is 32.5 Å². The molecule has 0 bridgehead atoms. The molecule has 0 aliphatic carbocycles. The van der Waals surface area contributed by atoms with Gasteiger partial charge < -0.3 is 10.6 Å². The van der Waals surface area contributed by atoms with Crippen molar-refractivity contribution in [2.75, 3.05) is 39.3 Å². The maximum Gasteiger partial charge on any atom is 0.0223 e. The second-order valence-corrected chi connectivity index (χ2v) is 7.05. The van der Waals surface area contributed by atoms with Gasteiger partial charge in [0.15, 0.2) is 0 Å². The lowest BCUT2D eigenvalue weighted by Crippen LogP contribution is -2.46. The van der Waals surface area contributed by atoms with Gasteiger partial charge >= 0.3 is 0 Å². The molecule has 0 aromatic heterocycles. The molecule has 2 aliphatic heterocycles. The van der Waals surface area contributed by atoms with Crippen molar-refractivity contribution < 1.29 is 0 Å². The molecule has 2 unspecified atom stereocenters. The second kappa shape index (κ2) is 6.47. The maximum atomic E-state index is 6.17. The van der Waals surface area contributed by atoms with E-state index in [1.165, 1.54) is 51.0 Å². The SMILES string of the molecule is CC(CN)(CN1CCCN2CCCC2C1)c1ccccc1. The Labute approximate surface area is 129 Å². The average Bonchev–Trinajstić information content (AvgIpc) is 2.87. The highest BCUT2D eigenvalue weighted by molar-refractivity contribution is 5.25. The quantitative estimate of drug-likeness (QED) is 0.920.